The fourth-order valence-electron chi connectivity index (χ4n) is 4.85. The fourth-order valence-corrected chi connectivity index (χ4v) is 4.85. The molecule has 0 spiro atoms. The number of hydrogen-bond donors (Lipinski definition) is 2. The van der Waals surface area contributed by atoms with Crippen LogP contribution in [0.2, 0.25) is 0 Å². The molecule has 5 aromatic rings. The Labute approximate surface area is 293 Å². The number of anilines is 1. The summed E-state index contributed by atoms with van der Waals surface area (Å²) in [5.74, 6) is -5.14. The summed E-state index contributed by atoms with van der Waals surface area (Å²) < 4.78 is 80.0. The number of fused-ring (bicyclic) bond motifs is 1. The van der Waals surface area contributed by atoms with E-state index >= 15 is 0 Å². The van der Waals surface area contributed by atoms with Crippen LogP contribution < -0.4 is 4.90 Å². The van der Waals surface area contributed by atoms with Crippen LogP contribution in [0.3, 0.4) is 0 Å². The molecule has 0 atom stereocenters. The van der Waals surface area contributed by atoms with Gasteiger partial charge in [0.1, 0.15) is 17.7 Å². The van der Waals surface area contributed by atoms with E-state index in [1.54, 1.807) is 32.6 Å². The lowest BCUT2D eigenvalue weighted by Crippen LogP contribution is -2.49. The summed E-state index contributed by atoms with van der Waals surface area (Å²) in [5.41, 5.74) is 5.37. The Morgan fingerprint density at radius 3 is 1.94 bits per heavy atom. The van der Waals surface area contributed by atoms with E-state index in [0.29, 0.717) is 37.4 Å². The van der Waals surface area contributed by atoms with Crippen LogP contribution in [0.25, 0.3) is 27.8 Å². The number of piperazine rings is 1. The minimum Gasteiger partial charge on any atom is -0.475 e. The van der Waals surface area contributed by atoms with Crippen molar-refractivity contribution in [2.75, 3.05) is 31.1 Å². The zero-order chi connectivity index (χ0) is 39.1. The summed E-state index contributed by atoms with van der Waals surface area (Å²) in [7, 11) is 1.87. The average Bonchev–Trinajstić information content (AvgIpc) is 3.75. The first-order valence-corrected chi connectivity index (χ1v) is 15.0. The minimum atomic E-state index is -5.08. The van der Waals surface area contributed by atoms with Crippen LogP contribution in [0, 0.1) is 17.1 Å². The summed E-state index contributed by atoms with van der Waals surface area (Å²) in [6.45, 7) is 2.44. The molecule has 53 heavy (non-hydrogen) atoms. The van der Waals surface area contributed by atoms with Crippen LogP contribution in [0.15, 0.2) is 67.5 Å². The number of aromatic nitrogens is 6. The third-order valence-corrected chi connectivity index (χ3v) is 7.39. The van der Waals surface area contributed by atoms with Crippen LogP contribution in [0.1, 0.15) is 11.3 Å². The maximum atomic E-state index is 13.1. The normalized spacial score (nSPS) is 13.0. The van der Waals surface area contributed by atoms with Crippen molar-refractivity contribution in [1.82, 2.24) is 34.3 Å². The van der Waals surface area contributed by atoms with Gasteiger partial charge in [0, 0.05) is 79.8 Å². The summed E-state index contributed by atoms with van der Waals surface area (Å²) in [6.07, 6.45) is 0.113. The Hall–Kier alpha value is -6.59. The molecule has 1 fully saturated rings. The van der Waals surface area contributed by atoms with Crippen molar-refractivity contribution in [2.45, 2.75) is 18.8 Å². The summed E-state index contributed by atoms with van der Waals surface area (Å²) in [5, 5.41) is 32.6. The molecule has 6 rings (SSSR count). The Morgan fingerprint density at radius 2 is 1.45 bits per heavy atom. The van der Waals surface area contributed by atoms with Crippen molar-refractivity contribution in [3.63, 3.8) is 0 Å². The van der Waals surface area contributed by atoms with Gasteiger partial charge < -0.3 is 20.0 Å². The van der Waals surface area contributed by atoms with E-state index in [4.69, 9.17) is 24.8 Å². The Morgan fingerprint density at radius 1 is 0.811 bits per heavy atom. The number of nitrogens with zero attached hydrogens (tertiary/aromatic N) is 9. The van der Waals surface area contributed by atoms with Gasteiger partial charge in [-0.15, -0.1) is 0 Å². The summed E-state index contributed by atoms with van der Waals surface area (Å²) in [4.78, 5) is 43.1. The van der Waals surface area contributed by atoms with Crippen LogP contribution in [0.4, 0.5) is 36.6 Å². The highest BCUT2D eigenvalue weighted by Crippen LogP contribution is 2.32. The third kappa shape index (κ3) is 10.2. The SMILES string of the molecule is Cn1cc(-c2cc(-c3ccc(N4CCN(C(=O)Cc5ccc(F)cn5)CC4)nc3)c3c(C#N)cnn3c2)cn1.O=C(O)C(F)(F)F.O=C(O)C(F)(F)F. The van der Waals surface area contributed by atoms with Crippen molar-refractivity contribution in [1.29, 1.82) is 5.26 Å². The van der Waals surface area contributed by atoms with E-state index in [0.717, 1.165) is 39.8 Å². The quantitative estimate of drug-likeness (QED) is 0.244. The lowest BCUT2D eigenvalue weighted by molar-refractivity contribution is -0.193. The standard InChI is InChI=1S/C28H24FN9O.2C2HF3O2/c1-35-17-22(15-33-35)20-10-25(28-21(12-30)14-34-38(28)18-20)19-2-5-26(32-13-19)36-6-8-37(9-7-36)27(39)11-24-4-3-23(29)16-31-24;2*3-2(4,5)1(6)7/h2-5,10,13-18H,6-9,11H2,1H3;2*(H,6,7). The smallest absolute Gasteiger partial charge is 0.475 e. The number of hydrogen-bond acceptors (Lipinski definition) is 9. The molecule has 1 amide bonds. The molecule has 0 saturated carbocycles. The largest absolute Gasteiger partial charge is 0.490 e. The second-order valence-electron chi connectivity index (χ2n) is 11.0. The lowest BCUT2D eigenvalue weighted by atomic mass is 10.0. The van der Waals surface area contributed by atoms with Gasteiger partial charge in [0.2, 0.25) is 5.91 Å². The van der Waals surface area contributed by atoms with Crippen LogP contribution in [-0.2, 0) is 27.9 Å². The molecule has 0 aromatic carbocycles. The van der Waals surface area contributed by atoms with Crippen molar-refractivity contribution in [3.05, 3.63) is 84.6 Å². The second-order valence-corrected chi connectivity index (χ2v) is 11.0. The highest BCUT2D eigenvalue weighted by Gasteiger charge is 2.39. The van der Waals surface area contributed by atoms with Crippen LogP contribution in [-0.4, -0.2) is 101 Å². The minimum absolute atomic E-state index is 0.0244. The van der Waals surface area contributed by atoms with E-state index in [-0.39, 0.29) is 12.3 Å². The maximum absolute atomic E-state index is 13.1. The molecule has 0 radical (unpaired) electrons. The van der Waals surface area contributed by atoms with Gasteiger partial charge in [0.15, 0.2) is 0 Å². The molecule has 278 valence electrons. The number of carbonyl (C=O) groups is 3. The molecule has 5 aromatic heterocycles. The first kappa shape index (κ1) is 39.2. The number of pyridine rings is 3. The highest BCUT2D eigenvalue weighted by molar-refractivity contribution is 5.87. The monoisotopic (exact) mass is 749 g/mol. The van der Waals surface area contributed by atoms with Gasteiger partial charge in [-0.05, 0) is 30.3 Å². The third-order valence-electron chi connectivity index (χ3n) is 7.39. The number of aliphatic carboxylic acids is 2. The molecule has 14 nitrogen and oxygen atoms in total. The number of carboxylic acids is 2. The van der Waals surface area contributed by atoms with Gasteiger partial charge in [0.25, 0.3) is 0 Å². The van der Waals surface area contributed by atoms with E-state index in [1.807, 2.05) is 43.8 Å². The molecule has 0 aliphatic carbocycles. The number of amides is 1. The van der Waals surface area contributed by atoms with E-state index < -0.39 is 30.1 Å². The molecule has 21 heteroatoms. The molecule has 0 bridgehead atoms. The predicted octanol–water partition coefficient (Wildman–Crippen LogP) is 4.36. The van der Waals surface area contributed by atoms with Crippen LogP contribution in [0.5, 0.6) is 0 Å². The fraction of sp³-hybridized carbons (Fsp3) is 0.250. The summed E-state index contributed by atoms with van der Waals surface area (Å²) in [6, 6.07) is 11.1. The maximum Gasteiger partial charge on any atom is 0.490 e. The van der Waals surface area contributed by atoms with Gasteiger partial charge in [0.05, 0.1) is 36.1 Å². The van der Waals surface area contributed by atoms with E-state index in [2.05, 4.69) is 26.2 Å². The van der Waals surface area contributed by atoms with Crippen molar-refractivity contribution < 1.29 is 55.3 Å². The Bertz CT molecular complexity index is 2090. The lowest BCUT2D eigenvalue weighted by Gasteiger charge is -2.35. The first-order chi connectivity index (χ1) is 24.9. The molecular weight excluding hydrogens is 723 g/mol. The Kier molecular flexibility index (Phi) is 12.0. The predicted molar refractivity (Wildman–Crippen MR) is 169 cm³/mol. The number of alkyl halides is 6. The Balaban J connectivity index is 0.000000381. The summed E-state index contributed by atoms with van der Waals surface area (Å²) >= 11 is 0. The van der Waals surface area contributed by atoms with Crippen molar-refractivity contribution >= 4 is 29.2 Å². The topological polar surface area (TPSA) is 183 Å². The van der Waals surface area contributed by atoms with Gasteiger partial charge in [-0.25, -0.2) is 23.5 Å². The molecule has 0 unspecified atom stereocenters. The molecular formula is C32H26F7N9O5. The molecule has 6 heterocycles. The average molecular weight is 750 g/mol. The number of carbonyl (C=O) groups excluding carboxylic acids is 1. The van der Waals surface area contributed by atoms with Crippen molar-refractivity contribution in [3.8, 4) is 28.3 Å². The van der Waals surface area contributed by atoms with Crippen LogP contribution >= 0.6 is 0 Å². The second kappa shape index (κ2) is 16.2. The van der Waals surface area contributed by atoms with Gasteiger partial charge in [-0.1, -0.05) is 0 Å². The zero-order valence-corrected chi connectivity index (χ0v) is 27.2. The van der Waals surface area contributed by atoms with Gasteiger partial charge in [-0.3, -0.25) is 14.5 Å². The zero-order valence-electron chi connectivity index (χ0n) is 27.2. The number of halogens is 7. The molecule has 1 aliphatic heterocycles. The number of aryl methyl sites for hydroxylation is 1. The number of rotatable bonds is 5. The highest BCUT2D eigenvalue weighted by atomic mass is 19.4. The first-order valence-electron chi connectivity index (χ1n) is 15.0. The molecule has 1 aliphatic rings. The van der Waals surface area contributed by atoms with Gasteiger partial charge in [-0.2, -0.15) is 41.8 Å². The van der Waals surface area contributed by atoms with E-state index in [9.17, 15) is 40.8 Å². The van der Waals surface area contributed by atoms with Gasteiger partial charge >= 0.3 is 24.3 Å². The molecule has 2 N–H and O–H groups in total. The number of carboxylic acid groups (broad SMARTS) is 2. The molecule has 1 saturated heterocycles. The van der Waals surface area contributed by atoms with Crippen molar-refractivity contribution in [2.24, 2.45) is 7.05 Å². The van der Waals surface area contributed by atoms with E-state index in [1.165, 1.54) is 6.07 Å². The number of nitriles is 1.